The zero-order chi connectivity index (χ0) is 12.3. The average molecular weight is 230 g/mol. The second-order valence-corrected chi connectivity index (χ2v) is 4.27. The van der Waals surface area contributed by atoms with E-state index in [1.165, 1.54) is 0 Å². The first-order valence-electron chi connectivity index (χ1n) is 5.99. The number of hydrogen-bond acceptors (Lipinski definition) is 2. The Morgan fingerprint density at radius 3 is 2.41 bits per heavy atom. The Morgan fingerprint density at radius 2 is 1.88 bits per heavy atom. The SMILES string of the molecule is CCOc1ccc(-n2ccc(C(C)C)n2)cc1. The first-order chi connectivity index (χ1) is 8.20. The van der Waals surface area contributed by atoms with Crippen molar-refractivity contribution >= 4 is 0 Å². The first-order valence-corrected chi connectivity index (χ1v) is 5.99. The highest BCUT2D eigenvalue weighted by Crippen LogP contribution is 2.17. The Balaban J connectivity index is 2.21. The number of hydrogen-bond donors (Lipinski definition) is 0. The summed E-state index contributed by atoms with van der Waals surface area (Å²) in [6.45, 7) is 6.96. The molecule has 1 aromatic carbocycles. The monoisotopic (exact) mass is 230 g/mol. The molecule has 17 heavy (non-hydrogen) atoms. The molecule has 1 aromatic heterocycles. The van der Waals surface area contributed by atoms with Gasteiger partial charge in [-0.15, -0.1) is 0 Å². The predicted octanol–water partition coefficient (Wildman–Crippen LogP) is 3.39. The number of benzene rings is 1. The van der Waals surface area contributed by atoms with E-state index in [4.69, 9.17) is 4.74 Å². The lowest BCUT2D eigenvalue weighted by Crippen LogP contribution is -1.97. The molecular weight excluding hydrogens is 212 g/mol. The maximum absolute atomic E-state index is 5.41. The van der Waals surface area contributed by atoms with E-state index in [1.54, 1.807) is 0 Å². The van der Waals surface area contributed by atoms with Gasteiger partial charge in [0.05, 0.1) is 18.0 Å². The van der Waals surface area contributed by atoms with Crippen LogP contribution in [0.3, 0.4) is 0 Å². The minimum Gasteiger partial charge on any atom is -0.494 e. The van der Waals surface area contributed by atoms with E-state index in [2.05, 4.69) is 25.0 Å². The van der Waals surface area contributed by atoms with E-state index >= 15 is 0 Å². The average Bonchev–Trinajstić information content (AvgIpc) is 2.80. The highest BCUT2D eigenvalue weighted by Gasteiger charge is 2.04. The Bertz CT molecular complexity index is 471. The van der Waals surface area contributed by atoms with E-state index in [0.29, 0.717) is 12.5 Å². The van der Waals surface area contributed by atoms with Gasteiger partial charge in [-0.25, -0.2) is 4.68 Å². The Kier molecular flexibility index (Phi) is 3.47. The van der Waals surface area contributed by atoms with Gasteiger partial charge in [-0.2, -0.15) is 5.10 Å². The molecule has 0 unspecified atom stereocenters. The van der Waals surface area contributed by atoms with Gasteiger partial charge in [0, 0.05) is 6.20 Å². The van der Waals surface area contributed by atoms with Crippen molar-refractivity contribution in [3.8, 4) is 11.4 Å². The van der Waals surface area contributed by atoms with Crippen LogP contribution in [0.4, 0.5) is 0 Å². The van der Waals surface area contributed by atoms with Gasteiger partial charge in [-0.05, 0) is 43.2 Å². The van der Waals surface area contributed by atoms with Crippen molar-refractivity contribution in [2.45, 2.75) is 26.7 Å². The summed E-state index contributed by atoms with van der Waals surface area (Å²) in [7, 11) is 0. The molecule has 2 rings (SSSR count). The lowest BCUT2D eigenvalue weighted by atomic mass is 10.1. The minimum atomic E-state index is 0.457. The molecule has 0 spiro atoms. The standard InChI is InChI=1S/C14H18N2O/c1-4-17-13-7-5-12(6-8-13)16-10-9-14(15-16)11(2)3/h5-11H,4H2,1-3H3. The zero-order valence-electron chi connectivity index (χ0n) is 10.6. The van der Waals surface area contributed by atoms with Crippen LogP contribution < -0.4 is 4.74 Å². The normalized spacial score (nSPS) is 10.8. The summed E-state index contributed by atoms with van der Waals surface area (Å²) in [4.78, 5) is 0. The van der Waals surface area contributed by atoms with Crippen molar-refractivity contribution in [1.82, 2.24) is 9.78 Å². The molecule has 0 saturated carbocycles. The van der Waals surface area contributed by atoms with E-state index in [0.717, 1.165) is 17.1 Å². The lowest BCUT2D eigenvalue weighted by molar-refractivity contribution is 0.340. The number of rotatable bonds is 4. The minimum absolute atomic E-state index is 0.457. The van der Waals surface area contributed by atoms with Gasteiger partial charge in [0.2, 0.25) is 0 Å². The Labute approximate surface area is 102 Å². The summed E-state index contributed by atoms with van der Waals surface area (Å²) < 4.78 is 7.30. The van der Waals surface area contributed by atoms with Crippen LogP contribution in [0.25, 0.3) is 5.69 Å². The van der Waals surface area contributed by atoms with Crippen molar-refractivity contribution < 1.29 is 4.74 Å². The third-order valence-electron chi connectivity index (χ3n) is 2.61. The van der Waals surface area contributed by atoms with Crippen LogP contribution in [0.1, 0.15) is 32.4 Å². The Hall–Kier alpha value is -1.77. The molecule has 0 aliphatic carbocycles. The fraction of sp³-hybridized carbons (Fsp3) is 0.357. The molecule has 0 saturated heterocycles. The fourth-order valence-electron chi connectivity index (χ4n) is 1.65. The van der Waals surface area contributed by atoms with E-state index in [-0.39, 0.29) is 0 Å². The maximum atomic E-state index is 5.41. The topological polar surface area (TPSA) is 27.1 Å². The molecule has 2 aromatic rings. The number of ether oxygens (including phenoxy) is 1. The summed E-state index contributed by atoms with van der Waals surface area (Å²) in [6, 6.07) is 10.0. The first kappa shape index (κ1) is 11.7. The molecule has 0 atom stereocenters. The van der Waals surface area contributed by atoms with Crippen molar-refractivity contribution in [2.24, 2.45) is 0 Å². The molecule has 0 aliphatic heterocycles. The fourth-order valence-corrected chi connectivity index (χ4v) is 1.65. The summed E-state index contributed by atoms with van der Waals surface area (Å²) >= 11 is 0. The van der Waals surface area contributed by atoms with Crippen molar-refractivity contribution in [3.05, 3.63) is 42.2 Å². The molecule has 0 bridgehead atoms. The van der Waals surface area contributed by atoms with Crippen LogP contribution in [-0.2, 0) is 0 Å². The smallest absolute Gasteiger partial charge is 0.119 e. The van der Waals surface area contributed by atoms with Crippen LogP contribution in [0.5, 0.6) is 5.75 Å². The summed E-state index contributed by atoms with van der Waals surface area (Å²) in [5.74, 6) is 1.35. The van der Waals surface area contributed by atoms with Crippen molar-refractivity contribution in [2.75, 3.05) is 6.61 Å². The van der Waals surface area contributed by atoms with Crippen LogP contribution in [0.2, 0.25) is 0 Å². The maximum Gasteiger partial charge on any atom is 0.119 e. The third-order valence-corrected chi connectivity index (χ3v) is 2.61. The second-order valence-electron chi connectivity index (χ2n) is 4.27. The van der Waals surface area contributed by atoms with Gasteiger partial charge < -0.3 is 4.74 Å². The molecule has 0 fully saturated rings. The summed E-state index contributed by atoms with van der Waals surface area (Å²) in [5.41, 5.74) is 2.17. The van der Waals surface area contributed by atoms with E-state index < -0.39 is 0 Å². The van der Waals surface area contributed by atoms with Crippen molar-refractivity contribution in [3.63, 3.8) is 0 Å². The van der Waals surface area contributed by atoms with Gasteiger partial charge >= 0.3 is 0 Å². The largest absolute Gasteiger partial charge is 0.494 e. The molecule has 1 heterocycles. The van der Waals surface area contributed by atoms with Crippen LogP contribution >= 0.6 is 0 Å². The van der Waals surface area contributed by atoms with Gasteiger partial charge in [-0.1, -0.05) is 13.8 Å². The molecular formula is C14H18N2O. The molecule has 0 radical (unpaired) electrons. The quantitative estimate of drug-likeness (QED) is 0.805. The highest BCUT2D eigenvalue weighted by atomic mass is 16.5. The number of aromatic nitrogens is 2. The molecule has 3 nitrogen and oxygen atoms in total. The molecule has 0 amide bonds. The van der Waals surface area contributed by atoms with Crippen molar-refractivity contribution in [1.29, 1.82) is 0 Å². The van der Waals surface area contributed by atoms with E-state index in [1.807, 2.05) is 42.1 Å². The molecule has 3 heteroatoms. The molecule has 0 N–H and O–H groups in total. The van der Waals surface area contributed by atoms with Gasteiger partial charge in [0.25, 0.3) is 0 Å². The molecule has 0 aliphatic rings. The second kappa shape index (κ2) is 5.04. The predicted molar refractivity (Wildman–Crippen MR) is 68.8 cm³/mol. The van der Waals surface area contributed by atoms with Gasteiger partial charge in [-0.3, -0.25) is 0 Å². The van der Waals surface area contributed by atoms with Gasteiger partial charge in [0.15, 0.2) is 0 Å². The lowest BCUT2D eigenvalue weighted by Gasteiger charge is -2.05. The molecule has 90 valence electrons. The third kappa shape index (κ3) is 2.67. The van der Waals surface area contributed by atoms with Crippen LogP contribution in [-0.4, -0.2) is 16.4 Å². The summed E-state index contributed by atoms with van der Waals surface area (Å²) in [6.07, 6.45) is 1.99. The highest BCUT2D eigenvalue weighted by molar-refractivity contribution is 5.37. The van der Waals surface area contributed by atoms with Crippen LogP contribution in [0.15, 0.2) is 36.5 Å². The van der Waals surface area contributed by atoms with Gasteiger partial charge in [0.1, 0.15) is 5.75 Å². The Morgan fingerprint density at radius 1 is 1.18 bits per heavy atom. The zero-order valence-corrected chi connectivity index (χ0v) is 10.6. The van der Waals surface area contributed by atoms with Crippen LogP contribution in [0, 0.1) is 0 Å². The number of nitrogens with zero attached hydrogens (tertiary/aromatic N) is 2. The van der Waals surface area contributed by atoms with E-state index in [9.17, 15) is 0 Å². The summed E-state index contributed by atoms with van der Waals surface area (Å²) in [5, 5.41) is 4.53.